The van der Waals surface area contributed by atoms with Crippen molar-refractivity contribution >= 4 is 16.8 Å². The van der Waals surface area contributed by atoms with Crippen molar-refractivity contribution in [1.29, 1.82) is 0 Å². The van der Waals surface area contributed by atoms with Gasteiger partial charge < -0.3 is 14.0 Å². The van der Waals surface area contributed by atoms with E-state index >= 15 is 0 Å². The summed E-state index contributed by atoms with van der Waals surface area (Å²) in [5.41, 5.74) is 3.28. The number of aryl methyl sites for hydroxylation is 2. The second-order valence-corrected chi connectivity index (χ2v) is 6.43. The molecule has 1 amide bonds. The Morgan fingerprint density at radius 1 is 1.12 bits per heavy atom. The van der Waals surface area contributed by atoms with Gasteiger partial charge in [0.1, 0.15) is 5.56 Å². The van der Waals surface area contributed by atoms with E-state index in [1.165, 1.54) is 5.56 Å². The van der Waals surface area contributed by atoms with E-state index in [-0.39, 0.29) is 16.9 Å². The van der Waals surface area contributed by atoms with Crippen LogP contribution >= 0.6 is 0 Å². The first-order valence-electron chi connectivity index (χ1n) is 8.16. The number of hydrogen-bond acceptors (Lipinski definition) is 3. The third-order valence-electron chi connectivity index (χ3n) is 5.08. The molecule has 0 saturated heterocycles. The zero-order chi connectivity index (χ0) is 16.3. The second-order valence-electron chi connectivity index (χ2n) is 6.43. The molecule has 0 aliphatic carbocycles. The summed E-state index contributed by atoms with van der Waals surface area (Å²) >= 11 is 0. The predicted molar refractivity (Wildman–Crippen MR) is 88.9 cm³/mol. The molecule has 0 N–H and O–H groups in total. The van der Waals surface area contributed by atoms with Crippen molar-refractivity contribution in [2.45, 2.75) is 26.1 Å². The van der Waals surface area contributed by atoms with Gasteiger partial charge in [0.2, 0.25) is 5.43 Å². The van der Waals surface area contributed by atoms with E-state index in [0.717, 1.165) is 24.2 Å². The van der Waals surface area contributed by atoms with Crippen LogP contribution in [0.15, 0.2) is 41.7 Å². The largest absolute Gasteiger partial charge is 0.346 e. The predicted octanol–water partition coefficient (Wildman–Crippen LogP) is 1.41. The highest BCUT2D eigenvalue weighted by Crippen LogP contribution is 2.24. The Hall–Kier alpha value is -2.89. The zero-order valence-corrected chi connectivity index (χ0v) is 13.1. The van der Waals surface area contributed by atoms with E-state index in [9.17, 15) is 9.59 Å². The third-order valence-corrected chi connectivity index (χ3v) is 5.08. The topological polar surface area (TPSA) is 60.1 Å². The van der Waals surface area contributed by atoms with Crippen molar-refractivity contribution in [3.05, 3.63) is 64.0 Å². The summed E-state index contributed by atoms with van der Waals surface area (Å²) in [7, 11) is 0. The Labute approximate surface area is 137 Å². The molecule has 0 radical (unpaired) electrons. The quantitative estimate of drug-likeness (QED) is 0.681. The average Bonchev–Trinajstić information content (AvgIpc) is 3.24. The maximum Gasteiger partial charge on any atom is 0.259 e. The van der Waals surface area contributed by atoms with E-state index in [4.69, 9.17) is 0 Å². The minimum Gasteiger partial charge on any atom is -0.346 e. The maximum atomic E-state index is 13.0. The number of pyridine rings is 1. The molecule has 2 aliphatic rings. The van der Waals surface area contributed by atoms with E-state index in [1.54, 1.807) is 23.6 Å². The first-order chi connectivity index (χ1) is 11.7. The molecule has 0 saturated carbocycles. The molecule has 0 atom stereocenters. The zero-order valence-electron chi connectivity index (χ0n) is 13.1. The van der Waals surface area contributed by atoms with Crippen molar-refractivity contribution < 1.29 is 4.79 Å². The number of imidazole rings is 1. The third kappa shape index (κ3) is 1.79. The highest BCUT2D eigenvalue weighted by Gasteiger charge is 2.26. The summed E-state index contributed by atoms with van der Waals surface area (Å²) in [4.78, 5) is 31.7. The van der Waals surface area contributed by atoms with Crippen LogP contribution in [0.2, 0.25) is 0 Å². The lowest BCUT2D eigenvalue weighted by molar-refractivity contribution is 0.0709. The minimum atomic E-state index is -0.185. The summed E-state index contributed by atoms with van der Waals surface area (Å²) in [6.07, 6.45) is 6.22. The van der Waals surface area contributed by atoms with E-state index in [0.29, 0.717) is 25.0 Å². The van der Waals surface area contributed by atoms with Gasteiger partial charge in [0.15, 0.2) is 0 Å². The van der Waals surface area contributed by atoms with Crippen molar-refractivity contribution in [3.63, 3.8) is 0 Å². The Morgan fingerprint density at radius 2 is 2.04 bits per heavy atom. The first kappa shape index (κ1) is 13.5. The maximum absolute atomic E-state index is 13.0. The average molecular weight is 320 g/mol. The van der Waals surface area contributed by atoms with Gasteiger partial charge in [0.05, 0.1) is 24.1 Å². The number of carbonyl (C=O) groups excluding carboxylic acids is 1. The molecule has 0 spiro atoms. The monoisotopic (exact) mass is 320 g/mol. The lowest BCUT2D eigenvalue weighted by Crippen LogP contribution is -2.40. The molecule has 6 heteroatoms. The Balaban J connectivity index is 1.60. The van der Waals surface area contributed by atoms with Crippen LogP contribution in [0.5, 0.6) is 0 Å². The molecule has 24 heavy (non-hydrogen) atoms. The van der Waals surface area contributed by atoms with Crippen LogP contribution in [-0.4, -0.2) is 31.5 Å². The molecule has 2 aromatic heterocycles. The summed E-state index contributed by atoms with van der Waals surface area (Å²) in [6.45, 7) is 2.63. The molecule has 1 aromatic carbocycles. The number of fused-ring (bicyclic) bond motifs is 1. The van der Waals surface area contributed by atoms with Crippen LogP contribution in [-0.2, 0) is 26.1 Å². The Kier molecular flexibility index (Phi) is 2.71. The van der Waals surface area contributed by atoms with Gasteiger partial charge in [-0.1, -0.05) is 12.1 Å². The Bertz CT molecular complexity index is 1050. The number of amides is 1. The van der Waals surface area contributed by atoms with Gasteiger partial charge >= 0.3 is 0 Å². The van der Waals surface area contributed by atoms with Crippen LogP contribution in [0.1, 0.15) is 21.6 Å². The number of carbonyl (C=O) groups is 1. The first-order valence-corrected chi connectivity index (χ1v) is 8.16. The van der Waals surface area contributed by atoms with Gasteiger partial charge in [-0.05, 0) is 18.1 Å². The fourth-order valence-corrected chi connectivity index (χ4v) is 3.84. The Morgan fingerprint density at radius 3 is 2.96 bits per heavy atom. The number of para-hydroxylation sites is 1. The normalized spacial score (nSPS) is 15.8. The molecule has 6 nitrogen and oxygen atoms in total. The van der Waals surface area contributed by atoms with Crippen LogP contribution in [0.25, 0.3) is 10.9 Å². The van der Waals surface area contributed by atoms with E-state index in [1.807, 2.05) is 21.3 Å². The lowest BCUT2D eigenvalue weighted by atomic mass is 10.1. The van der Waals surface area contributed by atoms with Crippen molar-refractivity contribution in [2.75, 3.05) is 6.54 Å². The molecular weight excluding hydrogens is 304 g/mol. The smallest absolute Gasteiger partial charge is 0.259 e. The van der Waals surface area contributed by atoms with Gasteiger partial charge in [0.25, 0.3) is 5.91 Å². The molecule has 3 aromatic rings. The van der Waals surface area contributed by atoms with Crippen molar-refractivity contribution in [2.24, 2.45) is 0 Å². The number of hydrogen-bond donors (Lipinski definition) is 0. The minimum absolute atomic E-state index is 0.158. The summed E-state index contributed by atoms with van der Waals surface area (Å²) in [5.74, 6) is -0.185. The molecule has 4 heterocycles. The lowest BCUT2D eigenvalue weighted by Gasteiger charge is -2.28. The fourth-order valence-electron chi connectivity index (χ4n) is 3.84. The molecular formula is C18H16N4O2. The standard InChI is InChI=1S/C18H16N4O2/c23-17-14-3-1-2-12-4-5-20(16(12)14)10-15(17)18(24)21-6-7-22-11-19-8-13(22)9-21/h1-3,8,10-11H,4-7,9H2. The summed E-state index contributed by atoms with van der Waals surface area (Å²) in [5, 5.41) is 0.651. The number of nitrogens with zero attached hydrogens (tertiary/aromatic N) is 4. The van der Waals surface area contributed by atoms with Gasteiger partial charge in [0, 0.05) is 37.4 Å². The number of rotatable bonds is 1. The van der Waals surface area contributed by atoms with Gasteiger partial charge in [-0.15, -0.1) is 0 Å². The number of aromatic nitrogens is 3. The van der Waals surface area contributed by atoms with Crippen molar-refractivity contribution in [3.8, 4) is 0 Å². The molecule has 120 valence electrons. The van der Waals surface area contributed by atoms with Gasteiger partial charge in [-0.3, -0.25) is 9.59 Å². The van der Waals surface area contributed by atoms with Gasteiger partial charge in [-0.2, -0.15) is 0 Å². The molecule has 0 fully saturated rings. The number of benzene rings is 1. The summed E-state index contributed by atoms with van der Waals surface area (Å²) in [6, 6.07) is 5.78. The van der Waals surface area contributed by atoms with Crippen LogP contribution in [0.4, 0.5) is 0 Å². The molecule has 0 unspecified atom stereocenters. The molecule has 0 bridgehead atoms. The van der Waals surface area contributed by atoms with E-state index < -0.39 is 0 Å². The van der Waals surface area contributed by atoms with Crippen LogP contribution in [0, 0.1) is 0 Å². The molecule has 2 aliphatic heterocycles. The SMILES string of the molecule is O=C(c1cn2c3c(cccc3c1=O)CC2)N1CCn2cncc2C1. The van der Waals surface area contributed by atoms with Gasteiger partial charge in [-0.25, -0.2) is 4.98 Å². The highest BCUT2D eigenvalue weighted by molar-refractivity contribution is 5.98. The van der Waals surface area contributed by atoms with Crippen LogP contribution in [0.3, 0.4) is 0 Å². The summed E-state index contributed by atoms with van der Waals surface area (Å²) < 4.78 is 4.09. The second kappa shape index (κ2) is 4.80. The fraction of sp³-hybridized carbons (Fsp3) is 0.278. The van der Waals surface area contributed by atoms with Crippen molar-refractivity contribution in [1.82, 2.24) is 19.0 Å². The van der Waals surface area contributed by atoms with Crippen LogP contribution < -0.4 is 5.43 Å². The van der Waals surface area contributed by atoms with E-state index in [2.05, 4.69) is 11.1 Å². The molecule has 5 rings (SSSR count). The highest BCUT2D eigenvalue weighted by atomic mass is 16.2.